The molecule has 17 heavy (non-hydrogen) atoms. The lowest BCUT2D eigenvalue weighted by Crippen LogP contribution is -2.22. The van der Waals surface area contributed by atoms with E-state index in [0.717, 1.165) is 30.3 Å². The number of rotatable bonds is 4. The van der Waals surface area contributed by atoms with Gasteiger partial charge in [-0.2, -0.15) is 0 Å². The van der Waals surface area contributed by atoms with Crippen molar-refractivity contribution in [2.45, 2.75) is 31.7 Å². The van der Waals surface area contributed by atoms with Gasteiger partial charge in [0.05, 0.1) is 5.71 Å². The first-order valence-electron chi connectivity index (χ1n) is 6.28. The molecule has 2 aliphatic carbocycles. The fourth-order valence-electron chi connectivity index (χ4n) is 2.40. The highest BCUT2D eigenvalue weighted by Gasteiger charge is 2.27. The van der Waals surface area contributed by atoms with Crippen LogP contribution in [0, 0.1) is 0 Å². The van der Waals surface area contributed by atoms with Crippen LogP contribution in [-0.4, -0.2) is 30.2 Å². The van der Waals surface area contributed by atoms with Crippen LogP contribution in [0.3, 0.4) is 0 Å². The number of fused-ring (bicyclic) bond motifs is 1. The van der Waals surface area contributed by atoms with Gasteiger partial charge in [-0.25, -0.2) is 4.39 Å². The molecule has 0 aromatic carbocycles. The smallest absolute Gasteiger partial charge is 0.120 e. The zero-order chi connectivity index (χ0) is 11.8. The van der Waals surface area contributed by atoms with Crippen molar-refractivity contribution in [1.82, 2.24) is 4.90 Å². The summed E-state index contributed by atoms with van der Waals surface area (Å²) in [5.74, 6) is -0.123. The molecule has 0 saturated heterocycles. The van der Waals surface area contributed by atoms with Gasteiger partial charge in [0.2, 0.25) is 0 Å². The molecule has 1 heterocycles. The molecule has 1 saturated carbocycles. The maximum Gasteiger partial charge on any atom is 0.120 e. The van der Waals surface area contributed by atoms with Crippen molar-refractivity contribution in [3.8, 4) is 0 Å². The first-order chi connectivity index (χ1) is 8.24. The maximum atomic E-state index is 13.2. The minimum atomic E-state index is -0.123. The SMILES string of the molecule is CN(CCC1=CN=C2CC=C(F)C=C12)C1CC1. The molecule has 3 heteroatoms. The third-order valence-corrected chi connectivity index (χ3v) is 3.71. The second-order valence-corrected chi connectivity index (χ2v) is 5.04. The summed E-state index contributed by atoms with van der Waals surface area (Å²) in [7, 11) is 2.17. The molecule has 0 atom stereocenters. The molecule has 0 amide bonds. The Bertz CT molecular complexity index is 453. The molecule has 0 bridgehead atoms. The third kappa shape index (κ3) is 2.25. The third-order valence-electron chi connectivity index (χ3n) is 3.71. The predicted octanol–water partition coefficient (Wildman–Crippen LogP) is 2.99. The Balaban J connectivity index is 1.63. The van der Waals surface area contributed by atoms with Crippen LogP contribution < -0.4 is 0 Å². The van der Waals surface area contributed by atoms with Gasteiger partial charge in [-0.3, -0.25) is 4.99 Å². The van der Waals surface area contributed by atoms with Gasteiger partial charge in [0, 0.05) is 30.8 Å². The number of nitrogens with zero attached hydrogens (tertiary/aromatic N) is 2. The van der Waals surface area contributed by atoms with E-state index in [0.29, 0.717) is 6.42 Å². The van der Waals surface area contributed by atoms with Crippen molar-refractivity contribution in [3.63, 3.8) is 0 Å². The molecule has 1 aliphatic heterocycles. The van der Waals surface area contributed by atoms with Crippen LogP contribution in [-0.2, 0) is 0 Å². The summed E-state index contributed by atoms with van der Waals surface area (Å²) in [5, 5.41) is 0. The zero-order valence-electron chi connectivity index (χ0n) is 10.1. The maximum absolute atomic E-state index is 13.2. The summed E-state index contributed by atoms with van der Waals surface area (Å²) < 4.78 is 13.2. The van der Waals surface area contributed by atoms with Gasteiger partial charge in [0.1, 0.15) is 5.83 Å². The Morgan fingerprint density at radius 2 is 2.29 bits per heavy atom. The Labute approximate surface area is 101 Å². The van der Waals surface area contributed by atoms with Gasteiger partial charge < -0.3 is 4.90 Å². The second-order valence-electron chi connectivity index (χ2n) is 5.04. The van der Waals surface area contributed by atoms with Crippen molar-refractivity contribution in [3.05, 3.63) is 35.3 Å². The zero-order valence-corrected chi connectivity index (χ0v) is 10.1. The molecule has 0 aromatic heterocycles. The standard InChI is InChI=1S/C14H17FN2/c1-17(12-3-4-12)7-6-10-9-16-14-5-2-11(15)8-13(10)14/h2,8-9,12H,3-7H2,1H3. The minimum Gasteiger partial charge on any atom is -0.303 e. The van der Waals surface area contributed by atoms with E-state index in [1.807, 2.05) is 6.20 Å². The highest BCUT2D eigenvalue weighted by molar-refractivity contribution is 6.08. The van der Waals surface area contributed by atoms with Crippen LogP contribution >= 0.6 is 0 Å². The highest BCUT2D eigenvalue weighted by Crippen LogP contribution is 2.31. The monoisotopic (exact) mass is 232 g/mol. The van der Waals surface area contributed by atoms with E-state index in [4.69, 9.17) is 0 Å². The fourth-order valence-corrected chi connectivity index (χ4v) is 2.40. The van der Waals surface area contributed by atoms with Crippen molar-refractivity contribution in [1.29, 1.82) is 0 Å². The molecule has 1 fully saturated rings. The average Bonchev–Trinajstić information content (AvgIpc) is 3.09. The lowest BCUT2D eigenvalue weighted by molar-refractivity contribution is 0.329. The van der Waals surface area contributed by atoms with E-state index in [1.165, 1.54) is 18.4 Å². The van der Waals surface area contributed by atoms with Gasteiger partial charge in [-0.1, -0.05) is 0 Å². The van der Waals surface area contributed by atoms with Crippen LogP contribution in [0.4, 0.5) is 4.39 Å². The highest BCUT2D eigenvalue weighted by atomic mass is 19.1. The van der Waals surface area contributed by atoms with Gasteiger partial charge in [0.15, 0.2) is 0 Å². The minimum absolute atomic E-state index is 0.123. The molecule has 0 spiro atoms. The lowest BCUT2D eigenvalue weighted by atomic mass is 9.95. The molecule has 0 aromatic rings. The van der Waals surface area contributed by atoms with Crippen molar-refractivity contribution in [2.75, 3.05) is 13.6 Å². The van der Waals surface area contributed by atoms with Gasteiger partial charge >= 0.3 is 0 Å². The van der Waals surface area contributed by atoms with E-state index in [9.17, 15) is 4.39 Å². The normalized spacial score (nSPS) is 23.0. The molecule has 3 aliphatic rings. The number of aliphatic imine (C=N–C) groups is 1. The van der Waals surface area contributed by atoms with Gasteiger partial charge in [0.25, 0.3) is 0 Å². The summed E-state index contributed by atoms with van der Waals surface area (Å²) in [5.41, 5.74) is 3.24. The lowest BCUT2D eigenvalue weighted by Gasteiger charge is -2.17. The Hall–Kier alpha value is -1.22. The molecule has 0 N–H and O–H groups in total. The van der Waals surface area contributed by atoms with Crippen LogP contribution in [0.2, 0.25) is 0 Å². The summed E-state index contributed by atoms with van der Waals surface area (Å²) >= 11 is 0. The largest absolute Gasteiger partial charge is 0.303 e. The molecule has 3 rings (SSSR count). The molecule has 2 nitrogen and oxygen atoms in total. The van der Waals surface area contributed by atoms with Crippen LogP contribution in [0.25, 0.3) is 0 Å². The summed E-state index contributed by atoms with van der Waals surface area (Å²) in [6.07, 6.45) is 9.39. The fraction of sp³-hybridized carbons (Fsp3) is 0.500. The Morgan fingerprint density at radius 3 is 3.06 bits per heavy atom. The summed E-state index contributed by atoms with van der Waals surface area (Å²) in [6.45, 7) is 1.04. The second kappa shape index (κ2) is 4.22. The quantitative estimate of drug-likeness (QED) is 0.727. The van der Waals surface area contributed by atoms with Crippen LogP contribution in [0.1, 0.15) is 25.7 Å². The van der Waals surface area contributed by atoms with Gasteiger partial charge in [-0.05, 0) is 44.0 Å². The topological polar surface area (TPSA) is 15.6 Å². The number of hydrogen-bond acceptors (Lipinski definition) is 2. The van der Waals surface area contributed by atoms with Crippen LogP contribution in [0.15, 0.2) is 40.3 Å². The summed E-state index contributed by atoms with van der Waals surface area (Å²) in [4.78, 5) is 6.77. The van der Waals surface area contributed by atoms with E-state index in [-0.39, 0.29) is 5.83 Å². The van der Waals surface area contributed by atoms with E-state index < -0.39 is 0 Å². The first-order valence-corrected chi connectivity index (χ1v) is 6.28. The Morgan fingerprint density at radius 1 is 1.47 bits per heavy atom. The molecule has 90 valence electrons. The number of halogens is 1. The van der Waals surface area contributed by atoms with Gasteiger partial charge in [-0.15, -0.1) is 0 Å². The summed E-state index contributed by atoms with van der Waals surface area (Å²) in [6, 6.07) is 0.786. The Kier molecular flexibility index (Phi) is 2.71. The average molecular weight is 232 g/mol. The number of hydrogen-bond donors (Lipinski definition) is 0. The van der Waals surface area contributed by atoms with Crippen molar-refractivity contribution >= 4 is 5.71 Å². The van der Waals surface area contributed by atoms with Crippen molar-refractivity contribution < 1.29 is 4.39 Å². The first kappa shape index (κ1) is 10.9. The molecular formula is C14H17FN2. The van der Waals surface area contributed by atoms with E-state index in [2.05, 4.69) is 16.9 Å². The van der Waals surface area contributed by atoms with E-state index >= 15 is 0 Å². The molecule has 0 unspecified atom stereocenters. The number of allylic oxidation sites excluding steroid dienone is 4. The van der Waals surface area contributed by atoms with Crippen molar-refractivity contribution in [2.24, 2.45) is 4.99 Å². The molecule has 0 radical (unpaired) electrons. The predicted molar refractivity (Wildman–Crippen MR) is 67.7 cm³/mol. The van der Waals surface area contributed by atoms with Crippen LogP contribution in [0.5, 0.6) is 0 Å². The van der Waals surface area contributed by atoms with E-state index in [1.54, 1.807) is 12.2 Å². The molecular weight excluding hydrogens is 215 g/mol.